The first kappa shape index (κ1) is 18.6. The first-order valence-electron chi connectivity index (χ1n) is 7.45. The van der Waals surface area contributed by atoms with Gasteiger partial charge in [-0.05, 0) is 24.1 Å². The topological polar surface area (TPSA) is 168 Å². The van der Waals surface area contributed by atoms with Gasteiger partial charge in [-0.2, -0.15) is 0 Å². The second-order valence-electron chi connectivity index (χ2n) is 5.73. The van der Waals surface area contributed by atoms with Gasteiger partial charge in [-0.1, -0.05) is 12.1 Å². The summed E-state index contributed by atoms with van der Waals surface area (Å²) in [7, 11) is 0. The Morgan fingerprint density at radius 1 is 1.21 bits per heavy atom. The van der Waals surface area contributed by atoms with Gasteiger partial charge < -0.3 is 41.4 Å². The summed E-state index contributed by atoms with van der Waals surface area (Å²) >= 11 is 0. The van der Waals surface area contributed by atoms with Gasteiger partial charge in [-0.3, -0.25) is 4.79 Å². The molecule has 1 aromatic rings. The summed E-state index contributed by atoms with van der Waals surface area (Å²) in [5, 5.41) is 38.2. The van der Waals surface area contributed by atoms with Crippen LogP contribution < -0.4 is 11.5 Å². The van der Waals surface area contributed by atoms with Crippen LogP contribution in [0.25, 0.3) is 0 Å². The third-order valence-electron chi connectivity index (χ3n) is 3.85. The number of carbonyl (C=O) groups is 1. The Balaban J connectivity index is 1.84. The fourth-order valence-electron chi connectivity index (χ4n) is 2.35. The number of aromatic hydroxyl groups is 1. The van der Waals surface area contributed by atoms with Crippen molar-refractivity contribution in [1.29, 1.82) is 0 Å². The highest BCUT2D eigenvalue weighted by molar-refractivity contribution is 5.75. The van der Waals surface area contributed by atoms with Crippen molar-refractivity contribution in [2.24, 2.45) is 11.5 Å². The van der Waals surface area contributed by atoms with E-state index in [0.717, 1.165) is 5.56 Å². The molecule has 9 heteroatoms. The number of benzene rings is 1. The maximum Gasteiger partial charge on any atom is 0.323 e. The molecule has 1 aliphatic heterocycles. The van der Waals surface area contributed by atoms with Crippen molar-refractivity contribution >= 4 is 5.97 Å². The molecule has 9 nitrogen and oxygen atoms in total. The molecule has 0 bridgehead atoms. The Morgan fingerprint density at radius 2 is 1.83 bits per heavy atom. The van der Waals surface area contributed by atoms with Gasteiger partial charge in [-0.15, -0.1) is 0 Å². The zero-order valence-corrected chi connectivity index (χ0v) is 12.9. The molecule has 0 aromatic heterocycles. The average Bonchev–Trinajstić information content (AvgIpc) is 2.56. The number of nitrogens with two attached hydrogens (primary N) is 2. The molecule has 1 heterocycles. The Labute approximate surface area is 138 Å². The Bertz CT molecular complexity index is 553. The van der Waals surface area contributed by atoms with Crippen molar-refractivity contribution in [2.45, 2.75) is 43.1 Å². The molecule has 1 saturated heterocycles. The number of hydrogen-bond donors (Lipinski definition) is 6. The van der Waals surface area contributed by atoms with E-state index in [-0.39, 0.29) is 18.8 Å². The fourth-order valence-corrected chi connectivity index (χ4v) is 2.35. The lowest BCUT2D eigenvalue weighted by molar-refractivity contribution is -0.251. The second kappa shape index (κ2) is 7.88. The van der Waals surface area contributed by atoms with Crippen molar-refractivity contribution < 1.29 is 34.7 Å². The van der Waals surface area contributed by atoms with Crippen LogP contribution in [0, 0.1) is 0 Å². The summed E-state index contributed by atoms with van der Waals surface area (Å²) in [6.45, 7) is -0.385. The lowest BCUT2D eigenvalue weighted by Crippen LogP contribution is -2.62. The number of aliphatic hydroxyl groups excluding tert-OH is 3. The minimum absolute atomic E-state index is 0.105. The highest BCUT2D eigenvalue weighted by atomic mass is 16.6. The first-order valence-corrected chi connectivity index (χ1v) is 7.45. The molecule has 5 unspecified atom stereocenters. The number of ether oxygens (including phenoxy) is 2. The van der Waals surface area contributed by atoms with Gasteiger partial charge in [0.05, 0.1) is 6.04 Å². The van der Waals surface area contributed by atoms with Gasteiger partial charge in [0.25, 0.3) is 0 Å². The molecule has 134 valence electrons. The zero-order chi connectivity index (χ0) is 17.9. The van der Waals surface area contributed by atoms with Crippen molar-refractivity contribution in [1.82, 2.24) is 0 Å². The molecule has 0 spiro atoms. The third kappa shape index (κ3) is 4.41. The first-order chi connectivity index (χ1) is 11.3. The minimum Gasteiger partial charge on any atom is -0.508 e. The summed E-state index contributed by atoms with van der Waals surface area (Å²) in [5.41, 5.74) is 11.9. The van der Waals surface area contributed by atoms with E-state index >= 15 is 0 Å². The molecule has 24 heavy (non-hydrogen) atoms. The molecule has 1 aliphatic rings. The number of aliphatic hydroxyl groups is 3. The largest absolute Gasteiger partial charge is 0.508 e. The smallest absolute Gasteiger partial charge is 0.323 e. The van der Waals surface area contributed by atoms with Crippen LogP contribution in [0.4, 0.5) is 0 Å². The Hall–Kier alpha value is -1.75. The van der Waals surface area contributed by atoms with Gasteiger partial charge in [0.1, 0.15) is 36.7 Å². The predicted octanol–water partition coefficient (Wildman–Crippen LogP) is -2.43. The summed E-state index contributed by atoms with van der Waals surface area (Å²) in [6, 6.07) is 4.11. The Kier molecular flexibility index (Phi) is 6.10. The number of carbonyl (C=O) groups excluding carboxylic acids is 1. The summed E-state index contributed by atoms with van der Waals surface area (Å²) in [4.78, 5) is 11.9. The predicted molar refractivity (Wildman–Crippen MR) is 81.6 cm³/mol. The van der Waals surface area contributed by atoms with Crippen LogP contribution in [0.3, 0.4) is 0 Å². The maximum atomic E-state index is 11.9. The van der Waals surface area contributed by atoms with Crippen molar-refractivity contribution in [3.63, 3.8) is 0 Å². The van der Waals surface area contributed by atoms with Crippen LogP contribution in [-0.2, 0) is 20.7 Å². The lowest BCUT2D eigenvalue weighted by Gasteiger charge is -2.38. The molecule has 2 rings (SSSR count). The molecule has 0 radical (unpaired) electrons. The van der Waals surface area contributed by atoms with Crippen molar-refractivity contribution in [2.75, 3.05) is 6.61 Å². The zero-order valence-electron chi connectivity index (χ0n) is 12.9. The van der Waals surface area contributed by atoms with E-state index in [1.54, 1.807) is 12.1 Å². The SMILES string of the molecule is NC1C(O)OC(COC(=O)[C@@H](N)Cc2ccc(O)cc2)C(O)C1O. The average molecular weight is 342 g/mol. The molecule has 0 aliphatic carbocycles. The van der Waals surface area contributed by atoms with E-state index in [1.165, 1.54) is 12.1 Å². The lowest BCUT2D eigenvalue weighted by atomic mass is 9.98. The number of esters is 1. The van der Waals surface area contributed by atoms with Crippen LogP contribution in [0.1, 0.15) is 5.56 Å². The normalized spacial score (nSPS) is 31.5. The molecule has 0 saturated carbocycles. The monoisotopic (exact) mass is 342 g/mol. The highest BCUT2D eigenvalue weighted by Crippen LogP contribution is 2.19. The van der Waals surface area contributed by atoms with Gasteiger partial charge in [0.15, 0.2) is 6.29 Å². The van der Waals surface area contributed by atoms with Gasteiger partial charge in [0, 0.05) is 0 Å². The van der Waals surface area contributed by atoms with Crippen LogP contribution in [0.2, 0.25) is 0 Å². The van der Waals surface area contributed by atoms with Gasteiger partial charge >= 0.3 is 5.97 Å². The molecular weight excluding hydrogens is 320 g/mol. The third-order valence-corrected chi connectivity index (χ3v) is 3.85. The number of phenolic OH excluding ortho intramolecular Hbond substituents is 1. The molecular formula is C15H22N2O7. The highest BCUT2D eigenvalue weighted by Gasteiger charge is 2.42. The second-order valence-corrected chi connectivity index (χ2v) is 5.73. The summed E-state index contributed by atoms with van der Waals surface area (Å²) in [5.74, 6) is -0.619. The quantitative estimate of drug-likeness (QED) is 0.319. The van der Waals surface area contributed by atoms with Gasteiger partial charge in [-0.25, -0.2) is 0 Å². The van der Waals surface area contributed by atoms with Crippen LogP contribution in [0.5, 0.6) is 5.75 Å². The van der Waals surface area contributed by atoms with E-state index in [1.807, 2.05) is 0 Å². The number of hydrogen-bond acceptors (Lipinski definition) is 9. The molecule has 6 atom stereocenters. The van der Waals surface area contributed by atoms with Crippen molar-refractivity contribution in [3.8, 4) is 5.75 Å². The van der Waals surface area contributed by atoms with E-state index in [2.05, 4.69) is 0 Å². The number of rotatable bonds is 5. The Morgan fingerprint density at radius 3 is 2.46 bits per heavy atom. The molecule has 8 N–H and O–H groups in total. The summed E-state index contributed by atoms with van der Waals surface area (Å²) in [6.07, 6.45) is -5.19. The van der Waals surface area contributed by atoms with Crippen molar-refractivity contribution in [3.05, 3.63) is 29.8 Å². The van der Waals surface area contributed by atoms with Crippen LogP contribution in [-0.4, -0.2) is 69.7 Å². The van der Waals surface area contributed by atoms with E-state index in [9.17, 15) is 25.2 Å². The maximum absolute atomic E-state index is 11.9. The fraction of sp³-hybridized carbons (Fsp3) is 0.533. The van der Waals surface area contributed by atoms with E-state index in [4.69, 9.17) is 20.9 Å². The van der Waals surface area contributed by atoms with Gasteiger partial charge in [0.2, 0.25) is 0 Å². The van der Waals surface area contributed by atoms with E-state index in [0.29, 0.717) is 0 Å². The molecule has 1 fully saturated rings. The van der Waals surface area contributed by atoms with Crippen LogP contribution in [0.15, 0.2) is 24.3 Å². The van der Waals surface area contributed by atoms with E-state index < -0.39 is 42.7 Å². The summed E-state index contributed by atoms with van der Waals surface area (Å²) < 4.78 is 10.00. The molecule has 0 amide bonds. The standard InChI is InChI=1S/C15H22N2O7/c16-9(5-7-1-3-8(18)4-2-7)14(21)23-6-10-12(19)13(20)11(17)15(22)24-10/h1-4,9-13,15,18-20,22H,5-6,16-17H2/t9-,10?,11?,12?,13?,15?/m0/s1. The minimum atomic E-state index is -1.47. The van der Waals surface area contributed by atoms with Crippen LogP contribution >= 0.6 is 0 Å². The number of phenols is 1. The molecule has 1 aromatic carbocycles.